The van der Waals surface area contributed by atoms with Crippen molar-refractivity contribution in [1.82, 2.24) is 9.97 Å². The van der Waals surface area contributed by atoms with Crippen LogP contribution in [0.2, 0.25) is 10.3 Å². The summed E-state index contributed by atoms with van der Waals surface area (Å²) in [7, 11) is 0. The lowest BCUT2D eigenvalue weighted by Gasteiger charge is -2.11. The van der Waals surface area contributed by atoms with E-state index >= 15 is 0 Å². The van der Waals surface area contributed by atoms with Crippen LogP contribution in [-0.2, 0) is 4.74 Å². The zero-order valence-corrected chi connectivity index (χ0v) is 13.5. The summed E-state index contributed by atoms with van der Waals surface area (Å²) in [6.07, 6.45) is 0.907. The van der Waals surface area contributed by atoms with Gasteiger partial charge in [0.1, 0.15) is 16.1 Å². The number of hydrogen-bond acceptors (Lipinski definition) is 3. The molecule has 1 atom stereocenters. The molecule has 20 heavy (non-hydrogen) atoms. The van der Waals surface area contributed by atoms with E-state index in [1.807, 2.05) is 24.3 Å². The van der Waals surface area contributed by atoms with E-state index in [0.717, 1.165) is 23.1 Å². The molecule has 104 valence electrons. The monoisotopic (exact) mass is 372 g/mol. The van der Waals surface area contributed by atoms with E-state index in [1.165, 1.54) is 0 Å². The van der Waals surface area contributed by atoms with Crippen LogP contribution in [0, 0.1) is 0 Å². The summed E-state index contributed by atoms with van der Waals surface area (Å²) < 4.78 is 6.34. The first-order valence-corrected chi connectivity index (χ1v) is 7.76. The smallest absolute Gasteiger partial charge is 0.142 e. The fourth-order valence-corrected chi connectivity index (χ4v) is 3.08. The number of halogens is 3. The molecule has 0 spiro atoms. The first kappa shape index (κ1) is 14.3. The van der Waals surface area contributed by atoms with Crippen LogP contribution in [0.4, 0.5) is 0 Å². The molecular weight excluding hydrogens is 363 g/mol. The lowest BCUT2D eigenvalue weighted by atomic mass is 10.1. The summed E-state index contributed by atoms with van der Waals surface area (Å²) >= 11 is 16.0. The Morgan fingerprint density at radius 1 is 1.10 bits per heavy atom. The Labute approximate surface area is 135 Å². The maximum atomic E-state index is 6.30. The van der Waals surface area contributed by atoms with Gasteiger partial charge in [-0.3, -0.25) is 0 Å². The van der Waals surface area contributed by atoms with E-state index in [0.29, 0.717) is 28.3 Å². The largest absolute Gasteiger partial charge is 0.381 e. The van der Waals surface area contributed by atoms with Gasteiger partial charge < -0.3 is 4.74 Å². The van der Waals surface area contributed by atoms with Gasteiger partial charge >= 0.3 is 0 Å². The van der Waals surface area contributed by atoms with E-state index in [9.17, 15) is 0 Å². The van der Waals surface area contributed by atoms with Gasteiger partial charge in [0.2, 0.25) is 0 Å². The standard InChI is InChI=1S/C14H11BrCl2N2O/c15-10-3-1-8(2-4-10)11-12(16)18-14(19-13(11)17)9-5-6-20-7-9/h1-4,9H,5-7H2. The molecule has 0 saturated carbocycles. The molecule has 1 saturated heterocycles. The molecule has 0 amide bonds. The summed E-state index contributed by atoms with van der Waals surface area (Å²) in [5.41, 5.74) is 1.57. The minimum atomic E-state index is 0.184. The molecule has 1 aromatic carbocycles. The molecule has 0 bridgehead atoms. The SMILES string of the molecule is Clc1nc(C2CCOC2)nc(Cl)c1-c1ccc(Br)cc1. The van der Waals surface area contributed by atoms with Gasteiger partial charge in [-0.05, 0) is 24.1 Å². The molecule has 0 aliphatic carbocycles. The van der Waals surface area contributed by atoms with Crippen molar-refractivity contribution in [2.24, 2.45) is 0 Å². The average molecular weight is 374 g/mol. The highest BCUT2D eigenvalue weighted by Gasteiger charge is 2.23. The molecule has 2 aromatic rings. The summed E-state index contributed by atoms with van der Waals surface area (Å²) in [5.74, 6) is 0.849. The topological polar surface area (TPSA) is 35.0 Å². The van der Waals surface area contributed by atoms with Crippen molar-refractivity contribution in [2.75, 3.05) is 13.2 Å². The van der Waals surface area contributed by atoms with Gasteiger partial charge in [-0.2, -0.15) is 0 Å². The van der Waals surface area contributed by atoms with E-state index < -0.39 is 0 Å². The van der Waals surface area contributed by atoms with Crippen molar-refractivity contribution in [3.8, 4) is 11.1 Å². The Morgan fingerprint density at radius 3 is 2.30 bits per heavy atom. The van der Waals surface area contributed by atoms with E-state index in [4.69, 9.17) is 27.9 Å². The number of rotatable bonds is 2. The second-order valence-corrected chi connectivity index (χ2v) is 6.24. The fourth-order valence-electron chi connectivity index (χ4n) is 2.20. The number of aromatic nitrogens is 2. The zero-order chi connectivity index (χ0) is 14.1. The van der Waals surface area contributed by atoms with Gasteiger partial charge in [0.05, 0.1) is 12.2 Å². The van der Waals surface area contributed by atoms with Crippen molar-refractivity contribution < 1.29 is 4.74 Å². The maximum absolute atomic E-state index is 6.30. The van der Waals surface area contributed by atoms with Crippen LogP contribution < -0.4 is 0 Å². The van der Waals surface area contributed by atoms with Gasteiger partial charge in [-0.15, -0.1) is 0 Å². The Kier molecular flexibility index (Phi) is 4.26. The van der Waals surface area contributed by atoms with Gasteiger partial charge in [0, 0.05) is 17.0 Å². The van der Waals surface area contributed by atoms with Crippen LogP contribution in [-0.4, -0.2) is 23.2 Å². The van der Waals surface area contributed by atoms with Gasteiger partial charge in [0.25, 0.3) is 0 Å². The molecule has 6 heteroatoms. The Morgan fingerprint density at radius 2 is 1.75 bits per heavy atom. The fraction of sp³-hybridized carbons (Fsp3) is 0.286. The van der Waals surface area contributed by atoms with Crippen molar-refractivity contribution in [2.45, 2.75) is 12.3 Å². The minimum absolute atomic E-state index is 0.184. The molecule has 1 aromatic heterocycles. The second kappa shape index (κ2) is 5.98. The van der Waals surface area contributed by atoms with Crippen molar-refractivity contribution in [3.63, 3.8) is 0 Å². The van der Waals surface area contributed by atoms with Crippen molar-refractivity contribution >= 4 is 39.1 Å². The summed E-state index contributed by atoms with van der Waals surface area (Å²) in [6.45, 7) is 1.36. The number of ether oxygens (including phenoxy) is 1. The zero-order valence-electron chi connectivity index (χ0n) is 10.4. The highest BCUT2D eigenvalue weighted by atomic mass is 79.9. The van der Waals surface area contributed by atoms with E-state index in [1.54, 1.807) is 0 Å². The van der Waals surface area contributed by atoms with E-state index in [2.05, 4.69) is 25.9 Å². The highest BCUT2D eigenvalue weighted by molar-refractivity contribution is 9.10. The molecule has 0 radical (unpaired) electrons. The van der Waals surface area contributed by atoms with Crippen LogP contribution in [0.25, 0.3) is 11.1 Å². The number of nitrogens with zero attached hydrogens (tertiary/aromatic N) is 2. The number of hydrogen-bond donors (Lipinski definition) is 0. The first-order chi connectivity index (χ1) is 9.65. The third-order valence-electron chi connectivity index (χ3n) is 3.27. The Hall–Kier alpha value is -0.680. The summed E-state index contributed by atoms with van der Waals surface area (Å²) in [6, 6.07) is 7.72. The first-order valence-electron chi connectivity index (χ1n) is 6.22. The molecule has 3 nitrogen and oxygen atoms in total. The third kappa shape index (κ3) is 2.84. The third-order valence-corrected chi connectivity index (χ3v) is 4.34. The van der Waals surface area contributed by atoms with Gasteiger partial charge in [-0.25, -0.2) is 9.97 Å². The molecule has 1 unspecified atom stereocenters. The molecule has 2 heterocycles. The average Bonchev–Trinajstić information content (AvgIpc) is 2.94. The quantitative estimate of drug-likeness (QED) is 0.714. The molecular formula is C14H11BrCl2N2O. The molecule has 1 aliphatic rings. The Bertz CT molecular complexity index is 605. The molecule has 0 N–H and O–H groups in total. The van der Waals surface area contributed by atoms with Gasteiger partial charge in [-0.1, -0.05) is 51.3 Å². The molecule has 1 aliphatic heterocycles. The van der Waals surface area contributed by atoms with Crippen molar-refractivity contribution in [3.05, 3.63) is 44.9 Å². The minimum Gasteiger partial charge on any atom is -0.381 e. The highest BCUT2D eigenvalue weighted by Crippen LogP contribution is 2.35. The van der Waals surface area contributed by atoms with Crippen LogP contribution in [0.3, 0.4) is 0 Å². The summed E-state index contributed by atoms with van der Waals surface area (Å²) in [5, 5.41) is 0.767. The van der Waals surface area contributed by atoms with Crippen LogP contribution >= 0.6 is 39.1 Å². The second-order valence-electron chi connectivity index (χ2n) is 4.61. The van der Waals surface area contributed by atoms with Crippen LogP contribution in [0.1, 0.15) is 18.2 Å². The lowest BCUT2D eigenvalue weighted by molar-refractivity contribution is 0.193. The van der Waals surface area contributed by atoms with Crippen molar-refractivity contribution in [1.29, 1.82) is 0 Å². The Balaban J connectivity index is 2.02. The normalized spacial score (nSPS) is 18.4. The van der Waals surface area contributed by atoms with Crippen LogP contribution in [0.5, 0.6) is 0 Å². The predicted molar refractivity (Wildman–Crippen MR) is 83.4 cm³/mol. The summed E-state index contributed by atoms with van der Waals surface area (Å²) in [4.78, 5) is 8.79. The van der Waals surface area contributed by atoms with E-state index in [-0.39, 0.29) is 5.92 Å². The molecule has 1 fully saturated rings. The molecule has 3 rings (SSSR count). The van der Waals surface area contributed by atoms with Gasteiger partial charge in [0.15, 0.2) is 0 Å². The maximum Gasteiger partial charge on any atom is 0.142 e. The lowest BCUT2D eigenvalue weighted by Crippen LogP contribution is -2.05. The predicted octanol–water partition coefficient (Wildman–Crippen LogP) is 4.72. The van der Waals surface area contributed by atoms with Crippen LogP contribution in [0.15, 0.2) is 28.7 Å². The number of benzene rings is 1.